The lowest BCUT2D eigenvalue weighted by Gasteiger charge is -2.28. The van der Waals surface area contributed by atoms with Crippen LogP contribution in [0.25, 0.3) is 0 Å². The van der Waals surface area contributed by atoms with E-state index < -0.39 is 0 Å². The number of carbonyl (C=O) groups is 1. The number of nitrogens with one attached hydrogen (secondary N) is 1. The molecule has 3 rings (SSSR count). The summed E-state index contributed by atoms with van der Waals surface area (Å²) < 4.78 is 5.65. The Morgan fingerprint density at radius 2 is 2.04 bits per heavy atom. The predicted molar refractivity (Wildman–Crippen MR) is 101 cm³/mol. The smallest absolute Gasteiger partial charge is 0.322 e. The van der Waals surface area contributed by atoms with Crippen LogP contribution in [0.5, 0.6) is 0 Å². The molecule has 0 aromatic heterocycles. The quantitative estimate of drug-likeness (QED) is 0.855. The summed E-state index contributed by atoms with van der Waals surface area (Å²) in [5.74, 6) is 0. The van der Waals surface area contributed by atoms with Gasteiger partial charge in [0, 0.05) is 24.8 Å². The summed E-state index contributed by atoms with van der Waals surface area (Å²) in [6.07, 6.45) is 5.02. The molecule has 0 radical (unpaired) electrons. The molecule has 5 heteroatoms. The lowest BCUT2D eigenvalue weighted by atomic mass is 10.2. The molecular weight excluding hydrogens is 314 g/mol. The minimum atomic E-state index is 0.0311. The number of anilines is 1. The summed E-state index contributed by atoms with van der Waals surface area (Å²) in [5, 5.41) is 3.08. The van der Waals surface area contributed by atoms with E-state index in [-0.39, 0.29) is 12.1 Å². The fourth-order valence-corrected chi connectivity index (χ4v) is 3.75. The van der Waals surface area contributed by atoms with E-state index in [2.05, 4.69) is 10.2 Å². The number of ether oxygens (including phenoxy) is 1. The van der Waals surface area contributed by atoms with E-state index >= 15 is 0 Å². The van der Waals surface area contributed by atoms with Gasteiger partial charge in [-0.05, 0) is 70.3 Å². The zero-order valence-electron chi connectivity index (χ0n) is 15.5. The summed E-state index contributed by atoms with van der Waals surface area (Å²) in [6, 6.07) is 8.34. The van der Waals surface area contributed by atoms with E-state index in [1.54, 1.807) is 0 Å². The van der Waals surface area contributed by atoms with Crippen LogP contribution in [0.15, 0.2) is 24.3 Å². The van der Waals surface area contributed by atoms with E-state index in [1.807, 2.05) is 43.0 Å². The number of rotatable bonds is 6. The van der Waals surface area contributed by atoms with Gasteiger partial charge in [-0.2, -0.15) is 0 Å². The topological polar surface area (TPSA) is 44.8 Å². The van der Waals surface area contributed by atoms with Crippen LogP contribution in [0.1, 0.15) is 45.1 Å². The van der Waals surface area contributed by atoms with Crippen LogP contribution in [-0.4, -0.2) is 54.2 Å². The molecule has 0 aliphatic carbocycles. The minimum Gasteiger partial charge on any atom is -0.374 e. The van der Waals surface area contributed by atoms with Gasteiger partial charge in [-0.15, -0.1) is 0 Å². The molecule has 2 saturated heterocycles. The molecule has 0 bridgehead atoms. The summed E-state index contributed by atoms with van der Waals surface area (Å²) in [4.78, 5) is 17.3. The predicted octanol–water partition coefficient (Wildman–Crippen LogP) is 3.70. The van der Waals surface area contributed by atoms with Gasteiger partial charge in [0.05, 0.1) is 12.7 Å². The molecule has 1 N–H and O–H groups in total. The normalized spacial score (nSPS) is 21.2. The van der Waals surface area contributed by atoms with Gasteiger partial charge in [0.2, 0.25) is 0 Å². The lowest BCUT2D eigenvalue weighted by Crippen LogP contribution is -2.44. The van der Waals surface area contributed by atoms with E-state index in [0.717, 1.165) is 37.2 Å². The van der Waals surface area contributed by atoms with Gasteiger partial charge in [0.25, 0.3) is 0 Å². The van der Waals surface area contributed by atoms with Crippen molar-refractivity contribution in [3.8, 4) is 0 Å². The number of likely N-dealkylation sites (tertiary alicyclic amines) is 2. The van der Waals surface area contributed by atoms with Gasteiger partial charge in [0.1, 0.15) is 0 Å². The molecule has 138 valence electrons. The summed E-state index contributed by atoms with van der Waals surface area (Å²) in [5.41, 5.74) is 1.93. The van der Waals surface area contributed by atoms with E-state index in [4.69, 9.17) is 4.74 Å². The molecule has 2 aliphatic rings. The van der Waals surface area contributed by atoms with E-state index in [9.17, 15) is 4.79 Å². The third-order valence-corrected chi connectivity index (χ3v) is 5.07. The Balaban J connectivity index is 1.56. The first-order chi connectivity index (χ1) is 12.1. The molecule has 5 nitrogen and oxygen atoms in total. The first-order valence-corrected chi connectivity index (χ1v) is 9.62. The summed E-state index contributed by atoms with van der Waals surface area (Å²) in [7, 11) is 0. The zero-order valence-corrected chi connectivity index (χ0v) is 15.5. The van der Waals surface area contributed by atoms with Crippen molar-refractivity contribution >= 4 is 11.7 Å². The second kappa shape index (κ2) is 8.68. The minimum absolute atomic E-state index is 0.0311. The Hall–Kier alpha value is -1.59. The number of hydrogen-bond donors (Lipinski definition) is 1. The average Bonchev–Trinajstić information content (AvgIpc) is 3.25. The number of carbonyl (C=O) groups excluding carboxylic acids is 1. The average molecular weight is 345 g/mol. The fraction of sp³-hybridized carbons (Fsp3) is 0.650. The molecule has 25 heavy (non-hydrogen) atoms. The maximum Gasteiger partial charge on any atom is 0.322 e. The van der Waals surface area contributed by atoms with Crippen LogP contribution in [0.2, 0.25) is 0 Å². The molecule has 0 spiro atoms. The van der Waals surface area contributed by atoms with E-state index in [0.29, 0.717) is 12.6 Å². The second-order valence-corrected chi connectivity index (χ2v) is 7.49. The SMILES string of the molecule is CC(C)OCc1cccc(NC(=O)N2CCC[C@@H]2CN2CCCC2)c1. The molecule has 2 fully saturated rings. The van der Waals surface area contributed by atoms with Crippen LogP contribution < -0.4 is 5.32 Å². The highest BCUT2D eigenvalue weighted by Crippen LogP contribution is 2.22. The van der Waals surface area contributed by atoms with Gasteiger partial charge in [0.15, 0.2) is 0 Å². The Morgan fingerprint density at radius 3 is 2.80 bits per heavy atom. The van der Waals surface area contributed by atoms with Crippen molar-refractivity contribution in [3.05, 3.63) is 29.8 Å². The Kier molecular flexibility index (Phi) is 6.32. The Bertz CT molecular complexity index is 570. The molecule has 0 unspecified atom stereocenters. The molecular formula is C20H31N3O2. The van der Waals surface area contributed by atoms with Crippen LogP contribution in [0.3, 0.4) is 0 Å². The maximum atomic E-state index is 12.7. The highest BCUT2D eigenvalue weighted by Gasteiger charge is 2.30. The largest absolute Gasteiger partial charge is 0.374 e. The van der Waals surface area contributed by atoms with E-state index in [1.165, 1.54) is 25.9 Å². The molecule has 1 atom stereocenters. The van der Waals surface area contributed by atoms with Crippen LogP contribution >= 0.6 is 0 Å². The van der Waals surface area contributed by atoms with Gasteiger partial charge < -0.3 is 19.9 Å². The monoisotopic (exact) mass is 345 g/mol. The third-order valence-electron chi connectivity index (χ3n) is 5.07. The molecule has 1 aromatic rings. The number of amides is 2. The highest BCUT2D eigenvalue weighted by atomic mass is 16.5. The zero-order chi connectivity index (χ0) is 17.6. The molecule has 1 aromatic carbocycles. The van der Waals surface area contributed by atoms with Gasteiger partial charge >= 0.3 is 6.03 Å². The van der Waals surface area contributed by atoms with Crippen LogP contribution in [-0.2, 0) is 11.3 Å². The highest BCUT2D eigenvalue weighted by molar-refractivity contribution is 5.89. The molecule has 2 aliphatic heterocycles. The number of benzene rings is 1. The lowest BCUT2D eigenvalue weighted by molar-refractivity contribution is 0.0657. The first kappa shape index (κ1) is 18.2. The van der Waals surface area contributed by atoms with Crippen molar-refractivity contribution in [1.29, 1.82) is 0 Å². The number of nitrogens with zero attached hydrogens (tertiary/aromatic N) is 2. The molecule has 2 heterocycles. The van der Waals surface area contributed by atoms with Crippen LogP contribution in [0, 0.1) is 0 Å². The van der Waals surface area contributed by atoms with Gasteiger partial charge in [-0.1, -0.05) is 12.1 Å². The molecule has 2 amide bonds. The van der Waals surface area contributed by atoms with Crippen molar-refractivity contribution in [2.45, 2.75) is 58.3 Å². The van der Waals surface area contributed by atoms with Crippen molar-refractivity contribution in [2.75, 3.05) is 31.5 Å². The van der Waals surface area contributed by atoms with Crippen molar-refractivity contribution in [1.82, 2.24) is 9.80 Å². The van der Waals surface area contributed by atoms with Gasteiger partial charge in [-0.3, -0.25) is 0 Å². The fourth-order valence-electron chi connectivity index (χ4n) is 3.75. The Morgan fingerprint density at radius 1 is 1.24 bits per heavy atom. The van der Waals surface area contributed by atoms with Crippen LogP contribution in [0.4, 0.5) is 10.5 Å². The van der Waals surface area contributed by atoms with Gasteiger partial charge in [-0.25, -0.2) is 4.79 Å². The standard InChI is InChI=1S/C20H31N3O2/c1-16(2)25-15-17-7-5-8-18(13-17)21-20(24)23-12-6-9-19(23)14-22-10-3-4-11-22/h5,7-8,13,16,19H,3-4,6,9-12,14-15H2,1-2H3,(H,21,24)/t19-/m1/s1. The Labute approximate surface area is 151 Å². The number of urea groups is 1. The van der Waals surface area contributed by atoms with Crippen molar-refractivity contribution in [2.24, 2.45) is 0 Å². The maximum absolute atomic E-state index is 12.7. The molecule has 0 saturated carbocycles. The second-order valence-electron chi connectivity index (χ2n) is 7.49. The summed E-state index contributed by atoms with van der Waals surface area (Å²) >= 11 is 0. The third kappa shape index (κ3) is 5.19. The first-order valence-electron chi connectivity index (χ1n) is 9.62. The van der Waals surface area contributed by atoms with Crippen molar-refractivity contribution < 1.29 is 9.53 Å². The summed E-state index contributed by atoms with van der Waals surface area (Å²) in [6.45, 7) is 8.88. The number of hydrogen-bond acceptors (Lipinski definition) is 3. The van der Waals surface area contributed by atoms with Crippen molar-refractivity contribution in [3.63, 3.8) is 0 Å².